The van der Waals surface area contributed by atoms with E-state index in [1.165, 1.54) is 0 Å². The van der Waals surface area contributed by atoms with E-state index in [0.717, 1.165) is 15.6 Å². The van der Waals surface area contributed by atoms with Gasteiger partial charge in [0.25, 0.3) is 10.0 Å². The summed E-state index contributed by atoms with van der Waals surface area (Å²) in [6.07, 6.45) is 0. The van der Waals surface area contributed by atoms with E-state index in [2.05, 4.69) is 20.7 Å². The van der Waals surface area contributed by atoms with Crippen molar-refractivity contribution < 1.29 is 8.42 Å². The first-order chi connectivity index (χ1) is 8.87. The Hall–Kier alpha value is -1.33. The monoisotopic (exact) mass is 339 g/mol. The first-order valence-electron chi connectivity index (χ1n) is 5.73. The van der Waals surface area contributed by atoms with E-state index in [1.54, 1.807) is 24.3 Å². The molecule has 19 heavy (non-hydrogen) atoms. The Morgan fingerprint density at radius 2 is 1.63 bits per heavy atom. The molecule has 0 heterocycles. The molecule has 0 spiro atoms. The van der Waals surface area contributed by atoms with Crippen LogP contribution >= 0.6 is 15.9 Å². The number of nitrogens with one attached hydrogen (secondary N) is 1. The van der Waals surface area contributed by atoms with E-state index in [4.69, 9.17) is 0 Å². The van der Waals surface area contributed by atoms with Crippen LogP contribution in [0.4, 0.5) is 5.69 Å². The van der Waals surface area contributed by atoms with Crippen LogP contribution in [-0.2, 0) is 10.0 Å². The number of anilines is 1. The Morgan fingerprint density at radius 3 is 2.21 bits per heavy atom. The molecule has 0 saturated heterocycles. The highest BCUT2D eigenvalue weighted by molar-refractivity contribution is 9.10. The van der Waals surface area contributed by atoms with Gasteiger partial charge in [-0.1, -0.05) is 28.1 Å². The molecule has 2 aromatic carbocycles. The van der Waals surface area contributed by atoms with Crippen molar-refractivity contribution in [2.45, 2.75) is 18.7 Å². The molecule has 0 atom stereocenters. The van der Waals surface area contributed by atoms with E-state index < -0.39 is 10.0 Å². The van der Waals surface area contributed by atoms with Crippen molar-refractivity contribution in [1.82, 2.24) is 0 Å². The van der Waals surface area contributed by atoms with Crippen molar-refractivity contribution in [3.63, 3.8) is 0 Å². The highest BCUT2D eigenvalue weighted by Gasteiger charge is 2.14. The second kappa shape index (κ2) is 5.35. The van der Waals surface area contributed by atoms with Crippen LogP contribution in [0, 0.1) is 13.8 Å². The third kappa shape index (κ3) is 3.58. The van der Waals surface area contributed by atoms with Crippen molar-refractivity contribution >= 4 is 31.6 Å². The van der Waals surface area contributed by atoms with Gasteiger partial charge in [-0.3, -0.25) is 4.72 Å². The molecule has 1 N–H and O–H groups in total. The summed E-state index contributed by atoms with van der Waals surface area (Å²) in [6, 6.07) is 12.2. The molecular formula is C14H14BrNO2S. The molecule has 0 saturated carbocycles. The SMILES string of the molecule is Cc1cc(C)cc(NS(=O)(=O)c2cccc(Br)c2)c1. The molecular weight excluding hydrogens is 326 g/mol. The minimum atomic E-state index is -3.55. The van der Waals surface area contributed by atoms with Crippen LogP contribution in [0.3, 0.4) is 0 Å². The highest BCUT2D eigenvalue weighted by atomic mass is 79.9. The fourth-order valence-corrected chi connectivity index (χ4v) is 3.52. The average molecular weight is 340 g/mol. The fraction of sp³-hybridized carbons (Fsp3) is 0.143. The summed E-state index contributed by atoms with van der Waals surface area (Å²) in [4.78, 5) is 0.237. The summed E-state index contributed by atoms with van der Waals surface area (Å²) < 4.78 is 27.8. The second-order valence-electron chi connectivity index (χ2n) is 4.44. The molecule has 2 rings (SSSR count). The number of rotatable bonds is 3. The van der Waals surface area contributed by atoms with Crippen molar-refractivity contribution in [1.29, 1.82) is 0 Å². The van der Waals surface area contributed by atoms with Gasteiger partial charge in [-0.25, -0.2) is 8.42 Å². The van der Waals surface area contributed by atoms with Gasteiger partial charge in [0, 0.05) is 10.2 Å². The lowest BCUT2D eigenvalue weighted by molar-refractivity contribution is 0.601. The van der Waals surface area contributed by atoms with Crippen molar-refractivity contribution in [3.8, 4) is 0 Å². The Balaban J connectivity index is 2.36. The third-order valence-electron chi connectivity index (χ3n) is 2.58. The average Bonchev–Trinajstić information content (AvgIpc) is 2.26. The van der Waals surface area contributed by atoms with Gasteiger partial charge in [-0.15, -0.1) is 0 Å². The van der Waals surface area contributed by atoms with Gasteiger partial charge in [0.1, 0.15) is 0 Å². The number of benzene rings is 2. The van der Waals surface area contributed by atoms with Gasteiger partial charge in [0.2, 0.25) is 0 Å². The largest absolute Gasteiger partial charge is 0.280 e. The van der Waals surface area contributed by atoms with Crippen LogP contribution in [0.2, 0.25) is 0 Å². The molecule has 5 heteroatoms. The zero-order chi connectivity index (χ0) is 14.0. The predicted molar refractivity (Wildman–Crippen MR) is 80.9 cm³/mol. The molecule has 0 aliphatic carbocycles. The van der Waals surface area contributed by atoms with Crippen molar-refractivity contribution in [2.24, 2.45) is 0 Å². The standard InChI is InChI=1S/C14H14BrNO2S/c1-10-6-11(2)8-13(7-10)16-19(17,18)14-5-3-4-12(15)9-14/h3-9,16H,1-2H3. The zero-order valence-electron chi connectivity index (χ0n) is 10.6. The van der Waals surface area contributed by atoms with Crippen LogP contribution in [-0.4, -0.2) is 8.42 Å². The van der Waals surface area contributed by atoms with Crippen LogP contribution < -0.4 is 4.72 Å². The summed E-state index contributed by atoms with van der Waals surface area (Å²) in [7, 11) is -3.55. The summed E-state index contributed by atoms with van der Waals surface area (Å²) in [5.41, 5.74) is 2.62. The summed E-state index contributed by atoms with van der Waals surface area (Å²) in [6.45, 7) is 3.87. The minimum absolute atomic E-state index is 0.237. The van der Waals surface area contributed by atoms with Crippen molar-refractivity contribution in [2.75, 3.05) is 4.72 Å². The molecule has 3 nitrogen and oxygen atoms in total. The quantitative estimate of drug-likeness (QED) is 0.922. The maximum absolute atomic E-state index is 12.2. The Kier molecular flexibility index (Phi) is 3.96. The molecule has 0 bridgehead atoms. The minimum Gasteiger partial charge on any atom is -0.280 e. The smallest absolute Gasteiger partial charge is 0.261 e. The summed E-state index contributed by atoms with van der Waals surface area (Å²) >= 11 is 3.27. The van der Waals surface area contributed by atoms with Gasteiger partial charge in [-0.05, 0) is 55.3 Å². The first kappa shape index (κ1) is 14.1. The van der Waals surface area contributed by atoms with E-state index in [0.29, 0.717) is 5.69 Å². The Labute approximate surface area is 121 Å². The molecule has 100 valence electrons. The second-order valence-corrected chi connectivity index (χ2v) is 7.04. The molecule has 0 aliphatic rings. The number of aryl methyl sites for hydroxylation is 2. The highest BCUT2D eigenvalue weighted by Crippen LogP contribution is 2.21. The molecule has 0 unspecified atom stereocenters. The fourth-order valence-electron chi connectivity index (χ4n) is 1.88. The van der Waals surface area contributed by atoms with Gasteiger partial charge >= 0.3 is 0 Å². The van der Waals surface area contributed by atoms with E-state index >= 15 is 0 Å². The normalized spacial score (nSPS) is 11.3. The van der Waals surface area contributed by atoms with Gasteiger partial charge in [-0.2, -0.15) is 0 Å². The van der Waals surface area contributed by atoms with Crippen LogP contribution in [0.15, 0.2) is 51.8 Å². The molecule has 0 fully saturated rings. The maximum atomic E-state index is 12.2. The van der Waals surface area contributed by atoms with Crippen molar-refractivity contribution in [3.05, 3.63) is 58.1 Å². The van der Waals surface area contributed by atoms with E-state index in [-0.39, 0.29) is 4.90 Å². The van der Waals surface area contributed by atoms with Gasteiger partial charge in [0.15, 0.2) is 0 Å². The first-order valence-corrected chi connectivity index (χ1v) is 8.01. The Bertz CT molecular complexity index is 691. The molecule has 2 aromatic rings. The maximum Gasteiger partial charge on any atom is 0.261 e. The van der Waals surface area contributed by atoms with Crippen LogP contribution in [0.5, 0.6) is 0 Å². The lowest BCUT2D eigenvalue weighted by atomic mass is 10.1. The summed E-state index contributed by atoms with van der Waals surface area (Å²) in [5, 5.41) is 0. The summed E-state index contributed by atoms with van der Waals surface area (Å²) in [5.74, 6) is 0. The lowest BCUT2D eigenvalue weighted by Gasteiger charge is -2.10. The predicted octanol–water partition coefficient (Wildman–Crippen LogP) is 3.87. The van der Waals surface area contributed by atoms with E-state index in [9.17, 15) is 8.42 Å². The number of hydrogen-bond donors (Lipinski definition) is 1. The van der Waals surface area contributed by atoms with Gasteiger partial charge < -0.3 is 0 Å². The number of sulfonamides is 1. The molecule has 0 aliphatic heterocycles. The number of hydrogen-bond acceptors (Lipinski definition) is 2. The van der Waals surface area contributed by atoms with Crippen LogP contribution in [0.1, 0.15) is 11.1 Å². The molecule has 0 aromatic heterocycles. The van der Waals surface area contributed by atoms with Crippen LogP contribution in [0.25, 0.3) is 0 Å². The molecule has 0 amide bonds. The zero-order valence-corrected chi connectivity index (χ0v) is 13.0. The lowest BCUT2D eigenvalue weighted by Crippen LogP contribution is -2.13. The topological polar surface area (TPSA) is 46.2 Å². The molecule has 0 radical (unpaired) electrons. The Morgan fingerprint density at radius 1 is 1.00 bits per heavy atom. The van der Waals surface area contributed by atoms with Gasteiger partial charge in [0.05, 0.1) is 4.90 Å². The van der Waals surface area contributed by atoms with E-state index in [1.807, 2.05) is 32.0 Å². The third-order valence-corrected chi connectivity index (χ3v) is 4.45. The number of halogens is 1.